The van der Waals surface area contributed by atoms with Gasteiger partial charge >= 0.3 is 6.18 Å². The molecule has 0 aliphatic carbocycles. The van der Waals surface area contributed by atoms with Crippen molar-refractivity contribution in [3.05, 3.63) is 45.7 Å². The van der Waals surface area contributed by atoms with E-state index in [9.17, 15) is 18.3 Å². The lowest BCUT2D eigenvalue weighted by atomic mass is 10.1. The molecule has 0 fully saturated rings. The van der Waals surface area contributed by atoms with Crippen LogP contribution >= 0.6 is 11.3 Å². The number of hydrogen-bond donors (Lipinski definition) is 1. The van der Waals surface area contributed by atoms with Gasteiger partial charge in [0.15, 0.2) is 0 Å². The van der Waals surface area contributed by atoms with Gasteiger partial charge in [-0.05, 0) is 13.0 Å². The van der Waals surface area contributed by atoms with Crippen molar-refractivity contribution >= 4 is 11.3 Å². The van der Waals surface area contributed by atoms with Gasteiger partial charge < -0.3 is 5.11 Å². The Balaban J connectivity index is 2.45. The molecule has 2 aromatic heterocycles. The molecule has 0 aromatic carbocycles. The molecule has 1 atom stereocenters. The zero-order valence-corrected chi connectivity index (χ0v) is 10.1. The van der Waals surface area contributed by atoms with E-state index in [4.69, 9.17) is 0 Å². The van der Waals surface area contributed by atoms with E-state index < -0.39 is 17.8 Å². The third-order valence-corrected chi connectivity index (χ3v) is 3.34. The molecule has 0 radical (unpaired) electrons. The number of rotatable bonds is 2. The first-order valence-electron chi connectivity index (χ1n) is 5.01. The maximum Gasteiger partial charge on any atom is 0.416 e. The van der Waals surface area contributed by atoms with Gasteiger partial charge in [-0.15, -0.1) is 11.3 Å². The molecule has 18 heavy (non-hydrogen) atoms. The molecule has 0 aliphatic rings. The van der Waals surface area contributed by atoms with Gasteiger partial charge in [0, 0.05) is 29.0 Å². The average Bonchev–Trinajstić information content (AvgIpc) is 2.74. The first kappa shape index (κ1) is 13.0. The number of halogens is 3. The molecule has 0 spiro atoms. The van der Waals surface area contributed by atoms with E-state index >= 15 is 0 Å². The van der Waals surface area contributed by atoms with Crippen LogP contribution in [0.2, 0.25) is 0 Å². The topological polar surface area (TPSA) is 46.0 Å². The van der Waals surface area contributed by atoms with Gasteiger partial charge in [0.25, 0.3) is 0 Å². The van der Waals surface area contributed by atoms with Crippen LogP contribution in [0.5, 0.6) is 0 Å². The highest BCUT2D eigenvalue weighted by molar-refractivity contribution is 7.09. The second kappa shape index (κ2) is 4.66. The predicted octanol–water partition coefficient (Wildman–Crippen LogP) is 2.95. The van der Waals surface area contributed by atoms with Gasteiger partial charge in [0.2, 0.25) is 0 Å². The Morgan fingerprint density at radius 1 is 1.39 bits per heavy atom. The van der Waals surface area contributed by atoms with E-state index in [0.717, 1.165) is 29.8 Å². The molecular weight excluding hydrogens is 265 g/mol. The van der Waals surface area contributed by atoms with Crippen molar-refractivity contribution in [1.29, 1.82) is 0 Å². The van der Waals surface area contributed by atoms with Crippen molar-refractivity contribution in [1.82, 2.24) is 9.97 Å². The molecule has 0 aliphatic heterocycles. The number of pyridine rings is 1. The number of aliphatic hydroxyl groups excluding tert-OH is 1. The zero-order chi connectivity index (χ0) is 13.3. The van der Waals surface area contributed by atoms with Gasteiger partial charge in [-0.1, -0.05) is 0 Å². The van der Waals surface area contributed by atoms with E-state index in [1.54, 1.807) is 12.3 Å². The lowest BCUT2D eigenvalue weighted by molar-refractivity contribution is -0.139. The summed E-state index contributed by atoms with van der Waals surface area (Å²) >= 11 is 1.12. The lowest BCUT2D eigenvalue weighted by Gasteiger charge is -2.15. The molecule has 0 bridgehead atoms. The number of aliphatic hydroxyl groups is 1. The van der Waals surface area contributed by atoms with Crippen LogP contribution in [0.1, 0.15) is 27.9 Å². The molecule has 0 saturated heterocycles. The summed E-state index contributed by atoms with van der Waals surface area (Å²) in [6.07, 6.45) is -3.86. The fourth-order valence-electron chi connectivity index (χ4n) is 1.51. The molecule has 2 heterocycles. The smallest absolute Gasteiger partial charge is 0.381 e. The minimum Gasteiger partial charge on any atom is -0.381 e. The molecule has 7 heteroatoms. The van der Waals surface area contributed by atoms with Crippen LogP contribution in [-0.4, -0.2) is 15.1 Å². The number of nitrogens with zero attached hydrogens (tertiary/aromatic N) is 2. The van der Waals surface area contributed by atoms with Crippen LogP contribution in [-0.2, 0) is 6.18 Å². The molecule has 96 valence electrons. The first-order valence-corrected chi connectivity index (χ1v) is 5.88. The monoisotopic (exact) mass is 274 g/mol. The Morgan fingerprint density at radius 3 is 2.67 bits per heavy atom. The van der Waals surface area contributed by atoms with Crippen molar-refractivity contribution in [2.24, 2.45) is 0 Å². The van der Waals surface area contributed by atoms with Crippen molar-refractivity contribution in [3.63, 3.8) is 0 Å². The second-order valence-electron chi connectivity index (χ2n) is 3.69. The average molecular weight is 274 g/mol. The summed E-state index contributed by atoms with van der Waals surface area (Å²) in [6.45, 7) is 1.71. The van der Waals surface area contributed by atoms with Crippen molar-refractivity contribution < 1.29 is 18.3 Å². The van der Waals surface area contributed by atoms with Gasteiger partial charge in [0.05, 0.1) is 5.56 Å². The molecular formula is C11H9F3N2OS. The quantitative estimate of drug-likeness (QED) is 0.915. The van der Waals surface area contributed by atoms with Gasteiger partial charge in [0.1, 0.15) is 11.1 Å². The highest BCUT2D eigenvalue weighted by Gasteiger charge is 2.35. The van der Waals surface area contributed by atoms with Crippen LogP contribution in [0, 0.1) is 6.92 Å². The molecule has 1 unspecified atom stereocenters. The Morgan fingerprint density at radius 2 is 2.11 bits per heavy atom. The predicted molar refractivity (Wildman–Crippen MR) is 60.2 cm³/mol. The minimum atomic E-state index is -4.52. The number of thiazole rings is 1. The van der Waals surface area contributed by atoms with Crippen LogP contribution in [0.15, 0.2) is 23.8 Å². The number of aromatic nitrogens is 2. The maximum absolute atomic E-state index is 12.8. The zero-order valence-electron chi connectivity index (χ0n) is 9.27. The summed E-state index contributed by atoms with van der Waals surface area (Å²) in [5.41, 5.74) is -0.510. The standard InChI is InChI=1S/C11H9F3N2OS/c1-6-5-18-10(16-6)9(17)7-4-15-3-2-8(7)11(12,13)14/h2-5,9,17H,1H3. The third kappa shape index (κ3) is 2.51. The fourth-order valence-corrected chi connectivity index (χ4v) is 2.31. The van der Waals surface area contributed by atoms with E-state index in [2.05, 4.69) is 9.97 Å². The number of alkyl halides is 3. The first-order chi connectivity index (χ1) is 8.39. The van der Waals surface area contributed by atoms with Crippen molar-refractivity contribution in [2.45, 2.75) is 19.2 Å². The summed E-state index contributed by atoms with van der Waals surface area (Å²) in [4.78, 5) is 7.61. The van der Waals surface area contributed by atoms with Crippen LogP contribution < -0.4 is 0 Å². The SMILES string of the molecule is Cc1csc(C(O)c2cnccc2C(F)(F)F)n1. The van der Waals surface area contributed by atoms with Gasteiger partial charge in [-0.2, -0.15) is 13.2 Å². The minimum absolute atomic E-state index is 0.228. The molecule has 3 nitrogen and oxygen atoms in total. The Bertz CT molecular complexity index is 553. The van der Waals surface area contributed by atoms with E-state index in [1.165, 1.54) is 0 Å². The summed E-state index contributed by atoms with van der Waals surface area (Å²) in [5.74, 6) is 0. The van der Waals surface area contributed by atoms with Crippen LogP contribution in [0.3, 0.4) is 0 Å². The summed E-state index contributed by atoms with van der Waals surface area (Å²) in [6, 6.07) is 0.846. The van der Waals surface area contributed by atoms with Crippen LogP contribution in [0.4, 0.5) is 13.2 Å². The Labute approximate surface area is 105 Å². The molecule has 0 amide bonds. The highest BCUT2D eigenvalue weighted by atomic mass is 32.1. The van der Waals surface area contributed by atoms with E-state index in [-0.39, 0.29) is 10.6 Å². The number of hydrogen-bond acceptors (Lipinski definition) is 4. The largest absolute Gasteiger partial charge is 0.416 e. The van der Waals surface area contributed by atoms with E-state index in [0.29, 0.717) is 5.69 Å². The second-order valence-corrected chi connectivity index (χ2v) is 4.58. The third-order valence-electron chi connectivity index (χ3n) is 2.32. The Hall–Kier alpha value is -1.47. The van der Waals surface area contributed by atoms with Gasteiger partial charge in [-0.3, -0.25) is 4.98 Å². The van der Waals surface area contributed by atoms with Crippen LogP contribution in [0.25, 0.3) is 0 Å². The summed E-state index contributed by atoms with van der Waals surface area (Å²) in [7, 11) is 0. The number of aryl methyl sites for hydroxylation is 1. The molecule has 0 saturated carbocycles. The molecule has 2 rings (SSSR count). The highest BCUT2D eigenvalue weighted by Crippen LogP contribution is 2.36. The van der Waals surface area contributed by atoms with E-state index in [1.807, 2.05) is 0 Å². The molecule has 1 N–H and O–H groups in total. The Kier molecular flexibility index (Phi) is 3.36. The van der Waals surface area contributed by atoms with Gasteiger partial charge in [-0.25, -0.2) is 4.98 Å². The fraction of sp³-hybridized carbons (Fsp3) is 0.273. The van der Waals surface area contributed by atoms with Crippen molar-refractivity contribution in [3.8, 4) is 0 Å². The van der Waals surface area contributed by atoms with Crippen molar-refractivity contribution in [2.75, 3.05) is 0 Å². The maximum atomic E-state index is 12.8. The normalized spacial score (nSPS) is 13.6. The molecule has 2 aromatic rings. The summed E-state index contributed by atoms with van der Waals surface area (Å²) in [5, 5.41) is 11.9. The lowest BCUT2D eigenvalue weighted by Crippen LogP contribution is -2.13. The summed E-state index contributed by atoms with van der Waals surface area (Å²) < 4.78 is 38.3.